The van der Waals surface area contributed by atoms with Crippen molar-refractivity contribution in [3.05, 3.63) is 32.1 Å². The van der Waals surface area contributed by atoms with Gasteiger partial charge in [-0.1, -0.05) is 11.6 Å². The van der Waals surface area contributed by atoms with Gasteiger partial charge in [0, 0.05) is 0 Å². The molecular formula is C7H6BrClN6O. The molecule has 0 aromatic carbocycles. The Labute approximate surface area is 103 Å². The molecule has 16 heavy (non-hydrogen) atoms. The van der Waals surface area contributed by atoms with Gasteiger partial charge < -0.3 is 0 Å². The molecule has 0 aliphatic carbocycles. The molecular weight excluding hydrogens is 299 g/mol. The molecule has 0 bridgehead atoms. The molecule has 0 aliphatic heterocycles. The van der Waals surface area contributed by atoms with Crippen molar-refractivity contribution in [3.63, 3.8) is 0 Å². The van der Waals surface area contributed by atoms with Gasteiger partial charge in [-0.2, -0.15) is 4.80 Å². The van der Waals surface area contributed by atoms with E-state index in [0.717, 1.165) is 0 Å². The van der Waals surface area contributed by atoms with Crippen molar-refractivity contribution < 1.29 is 0 Å². The molecule has 0 saturated carbocycles. The first kappa shape index (κ1) is 11.2. The third-order valence-electron chi connectivity index (χ3n) is 1.80. The summed E-state index contributed by atoms with van der Waals surface area (Å²) >= 11 is 8.73. The van der Waals surface area contributed by atoms with Crippen LogP contribution < -0.4 is 5.56 Å². The van der Waals surface area contributed by atoms with Gasteiger partial charge in [0.05, 0.1) is 19.9 Å². The highest BCUT2D eigenvalue weighted by Gasteiger charge is 2.09. The van der Waals surface area contributed by atoms with Crippen LogP contribution in [0.5, 0.6) is 0 Å². The lowest BCUT2D eigenvalue weighted by Gasteiger charge is -2.02. The standard InChI is InChI=1S/C7H6BrClN6O/c1-14-12-4(11-13-14)2-15-3-10-6(9)5(8)7(15)16/h3H,2H2,1H3. The predicted octanol–water partition coefficient (Wildman–Crippen LogP) is 0.231. The Morgan fingerprint density at radius 1 is 1.56 bits per heavy atom. The summed E-state index contributed by atoms with van der Waals surface area (Å²) < 4.78 is 1.56. The highest BCUT2D eigenvalue weighted by atomic mass is 79.9. The van der Waals surface area contributed by atoms with Gasteiger partial charge in [0.1, 0.15) is 4.47 Å². The molecule has 0 aliphatic rings. The second-order valence-electron chi connectivity index (χ2n) is 2.98. The Kier molecular flexibility index (Phi) is 3.01. The lowest BCUT2D eigenvalue weighted by Crippen LogP contribution is -2.22. The number of tetrazole rings is 1. The lowest BCUT2D eigenvalue weighted by molar-refractivity contribution is 0.623. The van der Waals surface area contributed by atoms with Gasteiger partial charge in [-0.3, -0.25) is 9.36 Å². The summed E-state index contributed by atoms with van der Waals surface area (Å²) in [6.07, 6.45) is 1.34. The van der Waals surface area contributed by atoms with Crippen molar-refractivity contribution in [2.24, 2.45) is 7.05 Å². The van der Waals surface area contributed by atoms with Crippen LogP contribution in [0.1, 0.15) is 5.82 Å². The SMILES string of the molecule is Cn1nnc(Cn2cnc(Cl)c(Br)c2=O)n1. The molecule has 2 aromatic heterocycles. The highest BCUT2D eigenvalue weighted by Crippen LogP contribution is 2.13. The van der Waals surface area contributed by atoms with E-state index in [9.17, 15) is 4.79 Å². The molecule has 2 heterocycles. The van der Waals surface area contributed by atoms with Crippen LogP contribution in [0.15, 0.2) is 15.6 Å². The fraction of sp³-hybridized carbons (Fsp3) is 0.286. The smallest absolute Gasteiger partial charge is 0.269 e. The van der Waals surface area contributed by atoms with E-state index < -0.39 is 0 Å². The molecule has 0 fully saturated rings. The van der Waals surface area contributed by atoms with Crippen molar-refractivity contribution in [3.8, 4) is 0 Å². The minimum absolute atomic E-state index is 0.133. The van der Waals surface area contributed by atoms with Gasteiger partial charge in [-0.05, 0) is 21.1 Å². The monoisotopic (exact) mass is 304 g/mol. The number of halogens is 2. The van der Waals surface area contributed by atoms with E-state index in [2.05, 4.69) is 36.3 Å². The number of hydrogen-bond donors (Lipinski definition) is 0. The van der Waals surface area contributed by atoms with Crippen LogP contribution in [0.3, 0.4) is 0 Å². The van der Waals surface area contributed by atoms with Crippen LogP contribution >= 0.6 is 27.5 Å². The second-order valence-corrected chi connectivity index (χ2v) is 4.13. The molecule has 0 amide bonds. The maximum atomic E-state index is 11.7. The number of aromatic nitrogens is 6. The Bertz CT molecular complexity index is 578. The lowest BCUT2D eigenvalue weighted by atomic mass is 10.5. The fourth-order valence-electron chi connectivity index (χ4n) is 1.10. The molecule has 9 heteroatoms. The molecule has 0 unspecified atom stereocenters. The summed E-state index contributed by atoms with van der Waals surface area (Å²) in [5.74, 6) is 0.431. The summed E-state index contributed by atoms with van der Waals surface area (Å²) in [5, 5.41) is 11.5. The Hall–Kier alpha value is -1.28. The summed E-state index contributed by atoms with van der Waals surface area (Å²) in [6, 6.07) is 0. The zero-order valence-corrected chi connectivity index (χ0v) is 10.5. The van der Waals surface area contributed by atoms with Crippen LogP contribution in [0.25, 0.3) is 0 Å². The fourth-order valence-corrected chi connectivity index (χ4v) is 1.55. The molecule has 0 N–H and O–H groups in total. The second kappa shape index (κ2) is 4.30. The number of rotatable bonds is 2. The maximum absolute atomic E-state index is 11.7. The van der Waals surface area contributed by atoms with Gasteiger partial charge in [0.15, 0.2) is 11.0 Å². The average Bonchev–Trinajstić information content (AvgIpc) is 2.65. The van der Waals surface area contributed by atoms with Crippen LogP contribution in [0, 0.1) is 0 Å². The zero-order valence-electron chi connectivity index (χ0n) is 8.13. The van der Waals surface area contributed by atoms with Crippen molar-refractivity contribution in [1.82, 2.24) is 29.8 Å². The highest BCUT2D eigenvalue weighted by molar-refractivity contribution is 9.10. The van der Waals surface area contributed by atoms with Crippen LogP contribution in [0.2, 0.25) is 5.15 Å². The van der Waals surface area contributed by atoms with Gasteiger partial charge >= 0.3 is 0 Å². The number of nitrogens with zero attached hydrogens (tertiary/aromatic N) is 6. The summed E-state index contributed by atoms with van der Waals surface area (Å²) in [5.41, 5.74) is -0.285. The molecule has 0 radical (unpaired) electrons. The minimum Gasteiger partial charge on any atom is -0.290 e. The van der Waals surface area contributed by atoms with Crippen molar-refractivity contribution >= 4 is 27.5 Å². The quantitative estimate of drug-likeness (QED) is 0.742. The van der Waals surface area contributed by atoms with E-state index in [-0.39, 0.29) is 21.7 Å². The largest absolute Gasteiger partial charge is 0.290 e. The summed E-state index contributed by atoms with van der Waals surface area (Å²) in [6.45, 7) is 0.204. The van der Waals surface area contributed by atoms with E-state index in [0.29, 0.717) is 5.82 Å². The molecule has 0 saturated heterocycles. The first-order valence-corrected chi connectivity index (χ1v) is 5.38. The van der Waals surface area contributed by atoms with Gasteiger partial charge in [-0.25, -0.2) is 4.98 Å². The first-order chi connectivity index (χ1) is 7.58. The predicted molar refractivity (Wildman–Crippen MR) is 59.1 cm³/mol. The average molecular weight is 306 g/mol. The number of aryl methyl sites for hydroxylation is 1. The molecule has 2 rings (SSSR count). The first-order valence-electron chi connectivity index (χ1n) is 4.21. The minimum atomic E-state index is -0.285. The van der Waals surface area contributed by atoms with Crippen LogP contribution in [-0.4, -0.2) is 29.8 Å². The van der Waals surface area contributed by atoms with Crippen molar-refractivity contribution in [2.75, 3.05) is 0 Å². The maximum Gasteiger partial charge on any atom is 0.269 e. The number of hydrogen-bond acceptors (Lipinski definition) is 5. The topological polar surface area (TPSA) is 78.5 Å². The van der Waals surface area contributed by atoms with Crippen LogP contribution in [0.4, 0.5) is 0 Å². The van der Waals surface area contributed by atoms with Crippen LogP contribution in [-0.2, 0) is 13.6 Å². The van der Waals surface area contributed by atoms with E-state index in [1.807, 2.05) is 0 Å². The zero-order chi connectivity index (χ0) is 11.7. The Balaban J connectivity index is 2.36. The van der Waals surface area contributed by atoms with E-state index in [4.69, 9.17) is 11.6 Å². The Morgan fingerprint density at radius 3 is 2.94 bits per heavy atom. The molecule has 0 atom stereocenters. The van der Waals surface area contributed by atoms with Crippen molar-refractivity contribution in [1.29, 1.82) is 0 Å². The van der Waals surface area contributed by atoms with Gasteiger partial charge in [0.25, 0.3) is 5.56 Å². The third kappa shape index (κ3) is 2.12. The normalized spacial score (nSPS) is 10.7. The summed E-state index contributed by atoms with van der Waals surface area (Å²) in [7, 11) is 1.65. The van der Waals surface area contributed by atoms with E-state index in [1.54, 1.807) is 7.05 Å². The van der Waals surface area contributed by atoms with Gasteiger partial charge in [-0.15, -0.1) is 10.2 Å². The van der Waals surface area contributed by atoms with E-state index >= 15 is 0 Å². The molecule has 84 valence electrons. The molecule has 0 spiro atoms. The van der Waals surface area contributed by atoms with Gasteiger partial charge in [0.2, 0.25) is 0 Å². The molecule has 7 nitrogen and oxygen atoms in total. The summed E-state index contributed by atoms with van der Waals surface area (Å²) in [4.78, 5) is 16.9. The van der Waals surface area contributed by atoms with Crippen molar-refractivity contribution in [2.45, 2.75) is 6.54 Å². The third-order valence-corrected chi connectivity index (χ3v) is 3.03. The Morgan fingerprint density at radius 2 is 2.31 bits per heavy atom. The molecule has 2 aromatic rings. The van der Waals surface area contributed by atoms with E-state index in [1.165, 1.54) is 15.7 Å².